The molecule has 154 valence electrons. The van der Waals surface area contributed by atoms with Crippen molar-refractivity contribution in [2.75, 3.05) is 14.2 Å². The van der Waals surface area contributed by atoms with Crippen molar-refractivity contribution in [1.29, 1.82) is 0 Å². The van der Waals surface area contributed by atoms with Gasteiger partial charge in [0.25, 0.3) is 0 Å². The molecule has 0 aromatic heterocycles. The number of nitrogens with zero attached hydrogens (tertiary/aromatic N) is 2. The number of aryl methyl sites for hydroxylation is 1. The summed E-state index contributed by atoms with van der Waals surface area (Å²) >= 11 is 0. The molecular weight excluding hydrogens is 356 g/mol. The Morgan fingerprint density at radius 3 is 2.57 bits per heavy atom. The van der Waals surface area contributed by atoms with Crippen molar-refractivity contribution in [1.82, 2.24) is 9.80 Å². The predicted octanol–water partition coefficient (Wildman–Crippen LogP) is 3.75. The van der Waals surface area contributed by atoms with Crippen LogP contribution in [0.4, 0.5) is 4.79 Å². The van der Waals surface area contributed by atoms with E-state index < -0.39 is 5.60 Å². The fourth-order valence-electron chi connectivity index (χ4n) is 4.53. The number of hydrogen-bond donors (Lipinski definition) is 0. The van der Waals surface area contributed by atoms with Crippen LogP contribution in [0.1, 0.15) is 51.2 Å². The van der Waals surface area contributed by atoms with Gasteiger partial charge in [0.1, 0.15) is 11.4 Å². The molecule has 2 aliphatic heterocycles. The molecule has 2 saturated heterocycles. The predicted molar refractivity (Wildman–Crippen MR) is 107 cm³/mol. The quantitative estimate of drug-likeness (QED) is 0.788. The standard InChI is InChI=1S/C22H32N2O4/c1-14-11-15(7-10-19(14)27-6)13-23(5)20(25)17-12-16-8-9-18(17)24(16)21(26)28-22(2,3)4/h7,10-11,16-18H,8-9,12-13H2,1-6H3. The molecule has 2 amide bonds. The fraction of sp³-hybridized carbons (Fsp3) is 0.636. The van der Waals surface area contributed by atoms with Gasteiger partial charge in [0.15, 0.2) is 0 Å². The van der Waals surface area contributed by atoms with E-state index in [9.17, 15) is 9.59 Å². The van der Waals surface area contributed by atoms with Gasteiger partial charge in [-0.05, 0) is 64.2 Å². The van der Waals surface area contributed by atoms with Gasteiger partial charge in [-0.15, -0.1) is 0 Å². The van der Waals surface area contributed by atoms with Crippen LogP contribution in [0.5, 0.6) is 5.75 Å². The third kappa shape index (κ3) is 4.10. The molecular formula is C22H32N2O4. The lowest BCUT2D eigenvalue weighted by Gasteiger charge is -2.29. The Morgan fingerprint density at radius 2 is 1.96 bits per heavy atom. The van der Waals surface area contributed by atoms with Crippen molar-refractivity contribution >= 4 is 12.0 Å². The molecule has 0 aliphatic carbocycles. The first-order valence-electron chi connectivity index (χ1n) is 10.0. The summed E-state index contributed by atoms with van der Waals surface area (Å²) in [6, 6.07) is 6.04. The topological polar surface area (TPSA) is 59.1 Å². The molecule has 6 nitrogen and oxygen atoms in total. The summed E-state index contributed by atoms with van der Waals surface area (Å²) in [5.74, 6) is 0.809. The smallest absolute Gasteiger partial charge is 0.410 e. The summed E-state index contributed by atoms with van der Waals surface area (Å²) in [7, 11) is 3.49. The zero-order chi connectivity index (χ0) is 20.6. The minimum atomic E-state index is -0.526. The van der Waals surface area contributed by atoms with Gasteiger partial charge in [-0.25, -0.2) is 4.79 Å². The summed E-state index contributed by atoms with van der Waals surface area (Å²) in [6.45, 7) is 8.16. The number of hydrogen-bond acceptors (Lipinski definition) is 4. The Bertz CT molecular complexity index is 755. The Morgan fingerprint density at radius 1 is 1.25 bits per heavy atom. The van der Waals surface area contributed by atoms with E-state index in [1.165, 1.54) is 0 Å². The van der Waals surface area contributed by atoms with Crippen LogP contribution in [0.3, 0.4) is 0 Å². The van der Waals surface area contributed by atoms with Crippen LogP contribution in [0.2, 0.25) is 0 Å². The molecule has 3 unspecified atom stereocenters. The van der Waals surface area contributed by atoms with Crippen molar-refractivity contribution in [3.8, 4) is 5.75 Å². The van der Waals surface area contributed by atoms with Gasteiger partial charge in [0, 0.05) is 25.7 Å². The van der Waals surface area contributed by atoms with Crippen molar-refractivity contribution in [3.05, 3.63) is 29.3 Å². The SMILES string of the molecule is COc1ccc(CN(C)C(=O)C2CC3CCC2N3C(=O)OC(C)(C)C)cc1C. The highest BCUT2D eigenvalue weighted by Gasteiger charge is 2.52. The van der Waals surface area contributed by atoms with Gasteiger partial charge >= 0.3 is 6.09 Å². The Labute approximate surface area is 167 Å². The van der Waals surface area contributed by atoms with E-state index in [0.717, 1.165) is 36.1 Å². The average molecular weight is 389 g/mol. The average Bonchev–Trinajstić information content (AvgIpc) is 3.18. The van der Waals surface area contributed by atoms with E-state index in [-0.39, 0.29) is 30.0 Å². The van der Waals surface area contributed by atoms with Crippen LogP contribution in [-0.4, -0.2) is 53.6 Å². The van der Waals surface area contributed by atoms with Gasteiger partial charge in [0.05, 0.1) is 13.0 Å². The molecule has 2 fully saturated rings. The Hall–Kier alpha value is -2.24. The van der Waals surface area contributed by atoms with Gasteiger partial charge in [-0.1, -0.05) is 12.1 Å². The number of fused-ring (bicyclic) bond motifs is 2. The van der Waals surface area contributed by atoms with Crippen molar-refractivity contribution < 1.29 is 19.1 Å². The lowest BCUT2D eigenvalue weighted by atomic mass is 9.88. The van der Waals surface area contributed by atoms with Crippen LogP contribution in [0.25, 0.3) is 0 Å². The Kier molecular flexibility index (Phi) is 5.60. The van der Waals surface area contributed by atoms with Crippen LogP contribution < -0.4 is 4.74 Å². The summed E-state index contributed by atoms with van der Waals surface area (Å²) in [4.78, 5) is 29.3. The minimum Gasteiger partial charge on any atom is -0.496 e. The van der Waals surface area contributed by atoms with Crippen LogP contribution >= 0.6 is 0 Å². The number of rotatable bonds is 4. The number of carbonyl (C=O) groups excluding carboxylic acids is 2. The number of methoxy groups -OCH3 is 1. The van der Waals surface area contributed by atoms with E-state index in [1.54, 1.807) is 12.0 Å². The molecule has 1 aromatic carbocycles. The molecule has 3 rings (SSSR count). The molecule has 0 radical (unpaired) electrons. The minimum absolute atomic E-state index is 0.0487. The van der Waals surface area contributed by atoms with E-state index in [1.807, 2.05) is 51.8 Å². The number of benzene rings is 1. The zero-order valence-electron chi connectivity index (χ0n) is 17.8. The monoisotopic (exact) mass is 388 g/mol. The maximum atomic E-state index is 13.1. The molecule has 28 heavy (non-hydrogen) atoms. The highest BCUT2D eigenvalue weighted by atomic mass is 16.6. The summed E-state index contributed by atoms with van der Waals surface area (Å²) in [5, 5.41) is 0. The van der Waals surface area contributed by atoms with Crippen molar-refractivity contribution in [2.24, 2.45) is 5.92 Å². The fourth-order valence-corrected chi connectivity index (χ4v) is 4.53. The number of amides is 2. The van der Waals surface area contributed by atoms with Crippen LogP contribution in [-0.2, 0) is 16.1 Å². The first-order chi connectivity index (χ1) is 13.1. The maximum Gasteiger partial charge on any atom is 0.410 e. The molecule has 2 aliphatic rings. The lowest BCUT2D eigenvalue weighted by Crippen LogP contribution is -2.43. The molecule has 3 atom stereocenters. The number of ether oxygens (including phenoxy) is 2. The van der Waals surface area contributed by atoms with Gasteiger partial charge in [0.2, 0.25) is 5.91 Å². The molecule has 0 spiro atoms. The largest absolute Gasteiger partial charge is 0.496 e. The van der Waals surface area contributed by atoms with Crippen LogP contribution in [0.15, 0.2) is 18.2 Å². The first kappa shape index (κ1) is 20.5. The second-order valence-electron chi connectivity index (χ2n) is 9.03. The van der Waals surface area contributed by atoms with E-state index in [2.05, 4.69) is 6.07 Å². The third-order valence-corrected chi connectivity index (χ3v) is 5.71. The van der Waals surface area contributed by atoms with Crippen molar-refractivity contribution in [3.63, 3.8) is 0 Å². The molecule has 6 heteroatoms. The zero-order valence-corrected chi connectivity index (χ0v) is 17.8. The summed E-state index contributed by atoms with van der Waals surface area (Å²) < 4.78 is 10.9. The second-order valence-corrected chi connectivity index (χ2v) is 9.03. The van der Waals surface area contributed by atoms with E-state index in [4.69, 9.17) is 9.47 Å². The summed E-state index contributed by atoms with van der Waals surface area (Å²) in [5.41, 5.74) is 1.60. The normalized spacial score (nSPS) is 23.6. The molecule has 2 heterocycles. The van der Waals surface area contributed by atoms with Gasteiger partial charge in [-0.3, -0.25) is 4.79 Å². The van der Waals surface area contributed by atoms with Gasteiger partial charge in [-0.2, -0.15) is 0 Å². The maximum absolute atomic E-state index is 13.1. The molecule has 0 saturated carbocycles. The Balaban J connectivity index is 1.66. The lowest BCUT2D eigenvalue weighted by molar-refractivity contribution is -0.135. The summed E-state index contributed by atoms with van der Waals surface area (Å²) in [6.07, 6.45) is 2.27. The third-order valence-electron chi connectivity index (χ3n) is 5.71. The first-order valence-corrected chi connectivity index (χ1v) is 10.0. The van der Waals surface area contributed by atoms with Crippen LogP contribution in [0, 0.1) is 12.8 Å². The van der Waals surface area contributed by atoms with E-state index in [0.29, 0.717) is 6.54 Å². The second kappa shape index (κ2) is 7.64. The number of carbonyl (C=O) groups is 2. The van der Waals surface area contributed by atoms with E-state index >= 15 is 0 Å². The molecule has 1 aromatic rings. The highest BCUT2D eigenvalue weighted by Crippen LogP contribution is 2.43. The van der Waals surface area contributed by atoms with Gasteiger partial charge < -0.3 is 19.3 Å². The highest BCUT2D eigenvalue weighted by molar-refractivity contribution is 5.82. The molecule has 2 bridgehead atoms. The molecule has 0 N–H and O–H groups in total. The van der Waals surface area contributed by atoms with Crippen molar-refractivity contribution in [2.45, 2.75) is 71.2 Å².